The molecular weight excluding hydrogens is 334 g/mol. The van der Waals surface area contributed by atoms with Gasteiger partial charge in [0.05, 0.1) is 13.2 Å². The van der Waals surface area contributed by atoms with Gasteiger partial charge >= 0.3 is 0 Å². The van der Waals surface area contributed by atoms with E-state index in [1.807, 2.05) is 12.1 Å². The van der Waals surface area contributed by atoms with Crippen molar-refractivity contribution < 1.29 is 24.2 Å². The summed E-state index contributed by atoms with van der Waals surface area (Å²) in [7, 11) is 1.59. The van der Waals surface area contributed by atoms with Crippen LogP contribution < -0.4 is 4.74 Å². The summed E-state index contributed by atoms with van der Waals surface area (Å²) in [5.74, 6) is 1.06. The zero-order valence-electron chi connectivity index (χ0n) is 15.4. The maximum atomic E-state index is 13.0. The maximum absolute atomic E-state index is 13.0. The van der Waals surface area contributed by atoms with Crippen LogP contribution in [0, 0.1) is 6.92 Å². The molecule has 1 amide bonds. The SMILES string of the molecule is COc1ccc(C(C)(O)C2CCCN2C(=O)c2oc(CO)cc2C)cc1. The van der Waals surface area contributed by atoms with E-state index in [1.54, 1.807) is 44.1 Å². The molecule has 140 valence electrons. The lowest BCUT2D eigenvalue weighted by molar-refractivity contribution is -0.0186. The summed E-state index contributed by atoms with van der Waals surface area (Å²) in [6.07, 6.45) is 1.52. The first-order chi connectivity index (χ1) is 12.4. The summed E-state index contributed by atoms with van der Waals surface area (Å²) in [5, 5.41) is 20.5. The molecule has 2 atom stereocenters. The average Bonchev–Trinajstić information content (AvgIpc) is 3.28. The van der Waals surface area contributed by atoms with Gasteiger partial charge in [0.1, 0.15) is 23.7 Å². The highest BCUT2D eigenvalue weighted by molar-refractivity contribution is 5.93. The minimum Gasteiger partial charge on any atom is -0.497 e. The molecule has 0 radical (unpaired) electrons. The Morgan fingerprint density at radius 1 is 1.38 bits per heavy atom. The molecule has 0 saturated carbocycles. The number of methoxy groups -OCH3 is 1. The molecule has 1 aromatic carbocycles. The second-order valence-electron chi connectivity index (χ2n) is 6.92. The van der Waals surface area contributed by atoms with E-state index in [4.69, 9.17) is 9.15 Å². The smallest absolute Gasteiger partial charge is 0.290 e. The number of amides is 1. The molecule has 2 N–H and O–H groups in total. The molecule has 0 aliphatic carbocycles. The van der Waals surface area contributed by atoms with Gasteiger partial charge in [-0.25, -0.2) is 0 Å². The van der Waals surface area contributed by atoms with Crippen molar-refractivity contribution in [3.8, 4) is 5.75 Å². The van der Waals surface area contributed by atoms with Gasteiger partial charge in [0.25, 0.3) is 5.91 Å². The van der Waals surface area contributed by atoms with Crippen LogP contribution in [0.15, 0.2) is 34.7 Å². The summed E-state index contributed by atoms with van der Waals surface area (Å²) in [4.78, 5) is 14.7. The number of hydrogen-bond donors (Lipinski definition) is 2. The van der Waals surface area contributed by atoms with Crippen molar-refractivity contribution in [2.24, 2.45) is 0 Å². The number of carbonyl (C=O) groups is 1. The Morgan fingerprint density at radius 3 is 2.65 bits per heavy atom. The van der Waals surface area contributed by atoms with Crippen molar-refractivity contribution in [3.05, 3.63) is 53.0 Å². The van der Waals surface area contributed by atoms with E-state index in [0.29, 0.717) is 30.0 Å². The normalized spacial score (nSPS) is 19.4. The minimum absolute atomic E-state index is 0.228. The van der Waals surface area contributed by atoms with Crippen LogP contribution in [0.2, 0.25) is 0 Å². The highest BCUT2D eigenvalue weighted by Crippen LogP contribution is 2.36. The van der Waals surface area contributed by atoms with Gasteiger partial charge in [-0.15, -0.1) is 0 Å². The second kappa shape index (κ2) is 7.13. The molecule has 2 unspecified atom stereocenters. The van der Waals surface area contributed by atoms with Crippen LogP contribution in [0.5, 0.6) is 5.75 Å². The molecule has 2 aromatic rings. The molecule has 1 aromatic heterocycles. The number of benzene rings is 1. The molecule has 1 saturated heterocycles. The van der Waals surface area contributed by atoms with Gasteiger partial charge < -0.3 is 24.3 Å². The van der Waals surface area contributed by atoms with E-state index in [-0.39, 0.29) is 24.3 Å². The van der Waals surface area contributed by atoms with Crippen molar-refractivity contribution in [3.63, 3.8) is 0 Å². The van der Waals surface area contributed by atoms with E-state index >= 15 is 0 Å². The summed E-state index contributed by atoms with van der Waals surface area (Å²) < 4.78 is 10.7. The van der Waals surface area contributed by atoms with Crippen LogP contribution >= 0.6 is 0 Å². The van der Waals surface area contributed by atoms with Crippen LogP contribution in [0.1, 0.15) is 47.2 Å². The molecule has 2 heterocycles. The summed E-state index contributed by atoms with van der Waals surface area (Å²) in [6, 6.07) is 8.55. The lowest BCUT2D eigenvalue weighted by atomic mass is 9.86. The van der Waals surface area contributed by atoms with Crippen LogP contribution in [-0.2, 0) is 12.2 Å². The van der Waals surface area contributed by atoms with Crippen molar-refractivity contribution in [2.45, 2.75) is 44.9 Å². The fourth-order valence-electron chi connectivity index (χ4n) is 3.68. The van der Waals surface area contributed by atoms with Crippen LogP contribution in [0.3, 0.4) is 0 Å². The number of rotatable bonds is 5. The monoisotopic (exact) mass is 359 g/mol. The Balaban J connectivity index is 1.88. The molecule has 6 nitrogen and oxygen atoms in total. The Labute approximate surface area is 153 Å². The number of nitrogens with zero attached hydrogens (tertiary/aromatic N) is 1. The van der Waals surface area contributed by atoms with Crippen molar-refractivity contribution in [1.82, 2.24) is 4.90 Å². The summed E-state index contributed by atoms with van der Waals surface area (Å²) >= 11 is 0. The lowest BCUT2D eigenvalue weighted by Gasteiger charge is -2.36. The first kappa shape index (κ1) is 18.5. The highest BCUT2D eigenvalue weighted by Gasteiger charge is 2.43. The molecule has 1 aliphatic rings. The van der Waals surface area contributed by atoms with Crippen molar-refractivity contribution in [2.75, 3.05) is 13.7 Å². The Hall–Kier alpha value is -2.31. The fraction of sp³-hybridized carbons (Fsp3) is 0.450. The van der Waals surface area contributed by atoms with Crippen LogP contribution in [0.25, 0.3) is 0 Å². The van der Waals surface area contributed by atoms with E-state index in [9.17, 15) is 15.0 Å². The number of hydrogen-bond acceptors (Lipinski definition) is 5. The van der Waals surface area contributed by atoms with Gasteiger partial charge in [0.2, 0.25) is 0 Å². The Bertz CT molecular complexity index is 778. The predicted molar refractivity (Wildman–Crippen MR) is 96.0 cm³/mol. The van der Waals surface area contributed by atoms with E-state index in [0.717, 1.165) is 12.0 Å². The Kier molecular flexibility index (Phi) is 5.07. The standard InChI is InChI=1S/C20H25NO5/c1-13-11-16(12-22)26-18(13)19(23)21-10-4-5-17(21)20(2,24)14-6-8-15(25-3)9-7-14/h6-9,11,17,22,24H,4-5,10,12H2,1-3H3. The van der Waals surface area contributed by atoms with Gasteiger partial charge in [-0.2, -0.15) is 0 Å². The molecule has 6 heteroatoms. The van der Waals surface area contributed by atoms with Gasteiger partial charge in [-0.3, -0.25) is 4.79 Å². The third-order valence-electron chi connectivity index (χ3n) is 5.16. The van der Waals surface area contributed by atoms with Crippen molar-refractivity contribution >= 4 is 5.91 Å². The van der Waals surface area contributed by atoms with Gasteiger partial charge in [0.15, 0.2) is 5.76 Å². The third-order valence-corrected chi connectivity index (χ3v) is 5.16. The number of aryl methyl sites for hydroxylation is 1. The van der Waals surface area contributed by atoms with Crippen LogP contribution in [0.4, 0.5) is 0 Å². The van der Waals surface area contributed by atoms with Gasteiger partial charge in [-0.1, -0.05) is 12.1 Å². The Morgan fingerprint density at radius 2 is 2.08 bits per heavy atom. The lowest BCUT2D eigenvalue weighted by Crippen LogP contribution is -2.48. The predicted octanol–water partition coefficient (Wildman–Crippen LogP) is 2.60. The molecule has 0 bridgehead atoms. The number of ether oxygens (including phenoxy) is 1. The highest BCUT2D eigenvalue weighted by atomic mass is 16.5. The van der Waals surface area contributed by atoms with Crippen molar-refractivity contribution in [1.29, 1.82) is 0 Å². The van der Waals surface area contributed by atoms with Crippen LogP contribution in [-0.4, -0.2) is 40.7 Å². The zero-order chi connectivity index (χ0) is 18.9. The number of likely N-dealkylation sites (tertiary alicyclic amines) is 1. The minimum atomic E-state index is -1.20. The fourth-order valence-corrected chi connectivity index (χ4v) is 3.68. The largest absolute Gasteiger partial charge is 0.497 e. The molecule has 1 aliphatic heterocycles. The van der Waals surface area contributed by atoms with Gasteiger partial charge in [0, 0.05) is 12.1 Å². The van der Waals surface area contributed by atoms with E-state index < -0.39 is 5.60 Å². The topological polar surface area (TPSA) is 83.1 Å². The first-order valence-corrected chi connectivity index (χ1v) is 8.76. The quantitative estimate of drug-likeness (QED) is 0.857. The molecule has 26 heavy (non-hydrogen) atoms. The van der Waals surface area contributed by atoms with E-state index in [1.165, 1.54) is 0 Å². The molecular formula is C20H25NO5. The third kappa shape index (κ3) is 3.22. The number of furan rings is 1. The maximum Gasteiger partial charge on any atom is 0.290 e. The van der Waals surface area contributed by atoms with Gasteiger partial charge in [-0.05, 0) is 50.5 Å². The van der Waals surface area contributed by atoms with E-state index in [2.05, 4.69) is 0 Å². The molecule has 3 rings (SSSR count). The summed E-state index contributed by atoms with van der Waals surface area (Å²) in [5.41, 5.74) is 0.225. The number of aliphatic hydroxyl groups is 2. The number of aliphatic hydroxyl groups excluding tert-OH is 1. The first-order valence-electron chi connectivity index (χ1n) is 8.76. The second-order valence-corrected chi connectivity index (χ2v) is 6.92. The average molecular weight is 359 g/mol. The zero-order valence-corrected chi connectivity index (χ0v) is 15.4. The summed E-state index contributed by atoms with van der Waals surface area (Å²) in [6.45, 7) is 3.83. The molecule has 1 fully saturated rings. The molecule has 0 spiro atoms. The number of carbonyl (C=O) groups excluding carboxylic acids is 1.